The summed E-state index contributed by atoms with van der Waals surface area (Å²) in [5.74, 6) is 0.237. The molecule has 0 saturated carbocycles. The molecule has 3 nitrogen and oxygen atoms in total. The van der Waals surface area contributed by atoms with Gasteiger partial charge in [0.1, 0.15) is 5.82 Å². The summed E-state index contributed by atoms with van der Waals surface area (Å²) in [6.07, 6.45) is 3.37. The van der Waals surface area contributed by atoms with E-state index in [1.807, 2.05) is 6.26 Å². The molecule has 1 aliphatic heterocycles. The lowest BCUT2D eigenvalue weighted by molar-refractivity contribution is -0.114. The molecule has 0 aliphatic carbocycles. The van der Waals surface area contributed by atoms with Crippen LogP contribution in [-0.4, -0.2) is 12.2 Å². The maximum Gasteiger partial charge on any atom is 0.255 e. The summed E-state index contributed by atoms with van der Waals surface area (Å²) in [4.78, 5) is 11.2. The molecule has 0 radical (unpaired) electrons. The predicted molar refractivity (Wildman–Crippen MR) is 64.0 cm³/mol. The van der Waals surface area contributed by atoms with Crippen molar-refractivity contribution in [1.82, 2.24) is 4.72 Å². The monoisotopic (exact) mass is 240 g/mol. The highest BCUT2D eigenvalue weighted by atomic mass is 32.3. The number of hydrogen-bond acceptors (Lipinski definition) is 2. The molecule has 16 heavy (non-hydrogen) atoms. The second-order valence-electron chi connectivity index (χ2n) is 3.87. The van der Waals surface area contributed by atoms with Gasteiger partial charge in [-0.2, -0.15) is 0 Å². The Morgan fingerprint density at radius 2 is 2.00 bits per heavy atom. The molecule has 86 valence electrons. The van der Waals surface area contributed by atoms with E-state index in [-0.39, 0.29) is 11.7 Å². The van der Waals surface area contributed by atoms with Gasteiger partial charge in [-0.3, -0.25) is 4.79 Å². The number of rotatable bonds is 2. The minimum Gasteiger partial charge on any atom is -0.393 e. The summed E-state index contributed by atoms with van der Waals surface area (Å²) in [5, 5.41) is 0.599. The van der Waals surface area contributed by atoms with Crippen molar-refractivity contribution in [2.75, 3.05) is 6.26 Å². The zero-order chi connectivity index (χ0) is 11.8. The molecule has 1 unspecified atom stereocenters. The van der Waals surface area contributed by atoms with Crippen LogP contribution in [0, 0.1) is 5.82 Å². The molecule has 5 heteroatoms. The van der Waals surface area contributed by atoms with Gasteiger partial charge in [-0.15, -0.1) is 10.2 Å². The van der Waals surface area contributed by atoms with Gasteiger partial charge < -0.3 is 10.5 Å². The zero-order valence-electron chi connectivity index (χ0n) is 8.87. The highest BCUT2D eigenvalue weighted by Gasteiger charge is 2.29. The van der Waals surface area contributed by atoms with Gasteiger partial charge in [0.05, 0.1) is 5.03 Å². The number of hydrogen-bond donors (Lipinski definition) is 2. The SMILES string of the molecule is CS1(Cc2ccc(F)cc2)NC(=O)C=C1N. The third kappa shape index (κ3) is 2.04. The Balaban J connectivity index is 2.19. The Kier molecular flexibility index (Phi) is 2.63. The Morgan fingerprint density at radius 3 is 2.50 bits per heavy atom. The smallest absolute Gasteiger partial charge is 0.255 e. The number of carbonyl (C=O) groups is 1. The first-order chi connectivity index (χ1) is 7.49. The van der Waals surface area contributed by atoms with Crippen molar-refractivity contribution in [3.8, 4) is 0 Å². The first kappa shape index (κ1) is 11.0. The number of amides is 1. The predicted octanol–water partition coefficient (Wildman–Crippen LogP) is 1.60. The van der Waals surface area contributed by atoms with Crippen LogP contribution >= 0.6 is 10.2 Å². The molecule has 1 aliphatic rings. The average Bonchev–Trinajstić information content (AvgIpc) is 2.44. The van der Waals surface area contributed by atoms with Crippen LogP contribution < -0.4 is 10.5 Å². The second-order valence-corrected chi connectivity index (χ2v) is 7.01. The maximum absolute atomic E-state index is 12.7. The number of halogens is 1. The summed E-state index contributed by atoms with van der Waals surface area (Å²) in [6, 6.07) is 6.25. The van der Waals surface area contributed by atoms with E-state index in [2.05, 4.69) is 4.72 Å². The standard InChI is InChI=1S/C11H13FN2OS/c1-16(10(13)6-11(15)14-16)7-8-2-4-9(12)5-3-8/h2-6H,7,13H2,1H3,(H,14,15). The summed E-state index contributed by atoms with van der Waals surface area (Å²) in [7, 11) is -1.48. The van der Waals surface area contributed by atoms with Crippen LogP contribution in [0.15, 0.2) is 35.4 Å². The van der Waals surface area contributed by atoms with E-state index in [9.17, 15) is 9.18 Å². The molecule has 2 rings (SSSR count). The van der Waals surface area contributed by atoms with Crippen molar-refractivity contribution in [1.29, 1.82) is 0 Å². The normalized spacial score (nSPS) is 28.1. The molecule has 1 heterocycles. The van der Waals surface area contributed by atoms with Crippen molar-refractivity contribution >= 4 is 16.1 Å². The van der Waals surface area contributed by atoms with Crippen LogP contribution in [0.4, 0.5) is 4.39 Å². The third-order valence-corrected chi connectivity index (χ3v) is 5.21. The molecule has 1 amide bonds. The van der Waals surface area contributed by atoms with Crippen LogP contribution in [-0.2, 0) is 10.5 Å². The summed E-state index contributed by atoms with van der Waals surface area (Å²) in [5.41, 5.74) is 6.79. The van der Waals surface area contributed by atoms with Crippen LogP contribution in [0.1, 0.15) is 5.56 Å². The van der Waals surface area contributed by atoms with Gasteiger partial charge in [0.2, 0.25) is 0 Å². The second kappa shape index (κ2) is 3.83. The van der Waals surface area contributed by atoms with Crippen LogP contribution in [0.25, 0.3) is 0 Å². The van der Waals surface area contributed by atoms with Gasteiger partial charge in [0.25, 0.3) is 5.91 Å². The first-order valence-corrected chi connectivity index (χ1v) is 7.00. The van der Waals surface area contributed by atoms with E-state index in [0.29, 0.717) is 10.8 Å². The molecule has 1 aromatic rings. The number of benzene rings is 1. The van der Waals surface area contributed by atoms with E-state index in [0.717, 1.165) is 5.56 Å². The van der Waals surface area contributed by atoms with E-state index >= 15 is 0 Å². The number of carbonyl (C=O) groups excluding carboxylic acids is 1. The summed E-state index contributed by atoms with van der Waals surface area (Å²) < 4.78 is 15.6. The van der Waals surface area contributed by atoms with Crippen molar-refractivity contribution in [3.05, 3.63) is 46.8 Å². The Bertz CT molecular complexity index is 458. The van der Waals surface area contributed by atoms with Crippen LogP contribution in [0.5, 0.6) is 0 Å². The molecule has 0 aromatic heterocycles. The molecule has 1 aromatic carbocycles. The molecule has 0 saturated heterocycles. The van der Waals surface area contributed by atoms with Crippen LogP contribution in [0.2, 0.25) is 0 Å². The number of nitrogens with two attached hydrogens (primary N) is 1. The van der Waals surface area contributed by atoms with E-state index in [1.54, 1.807) is 12.1 Å². The first-order valence-electron chi connectivity index (χ1n) is 4.79. The zero-order valence-corrected chi connectivity index (χ0v) is 9.68. The molecule has 0 fully saturated rings. The van der Waals surface area contributed by atoms with Gasteiger partial charge in [0.15, 0.2) is 0 Å². The Labute approximate surface area is 95.0 Å². The third-order valence-electron chi connectivity index (χ3n) is 2.49. The largest absolute Gasteiger partial charge is 0.393 e. The molecule has 1 atom stereocenters. The van der Waals surface area contributed by atoms with E-state index < -0.39 is 10.2 Å². The molecule has 0 spiro atoms. The topological polar surface area (TPSA) is 55.1 Å². The van der Waals surface area contributed by atoms with Crippen molar-refractivity contribution in [2.45, 2.75) is 5.75 Å². The maximum atomic E-state index is 12.7. The van der Waals surface area contributed by atoms with Crippen LogP contribution in [0.3, 0.4) is 0 Å². The fourth-order valence-electron chi connectivity index (χ4n) is 1.60. The molecular weight excluding hydrogens is 227 g/mol. The lowest BCUT2D eigenvalue weighted by Crippen LogP contribution is -2.22. The van der Waals surface area contributed by atoms with Gasteiger partial charge >= 0.3 is 0 Å². The fraction of sp³-hybridized carbons (Fsp3) is 0.182. The van der Waals surface area contributed by atoms with Gasteiger partial charge in [0, 0.05) is 11.8 Å². The van der Waals surface area contributed by atoms with E-state index in [4.69, 9.17) is 5.73 Å². The summed E-state index contributed by atoms with van der Waals surface area (Å²) >= 11 is 0. The highest BCUT2D eigenvalue weighted by molar-refractivity contribution is 8.34. The van der Waals surface area contributed by atoms with E-state index in [1.165, 1.54) is 18.2 Å². The number of nitrogens with one attached hydrogen (secondary N) is 1. The van der Waals surface area contributed by atoms with Gasteiger partial charge in [-0.25, -0.2) is 4.39 Å². The Hall–Kier alpha value is -1.49. The lowest BCUT2D eigenvalue weighted by atomic mass is 10.2. The summed E-state index contributed by atoms with van der Waals surface area (Å²) in [6.45, 7) is 0. The van der Waals surface area contributed by atoms with Gasteiger partial charge in [-0.1, -0.05) is 12.1 Å². The Morgan fingerprint density at radius 1 is 1.38 bits per heavy atom. The molecule has 0 bridgehead atoms. The molecule has 3 N–H and O–H groups in total. The lowest BCUT2D eigenvalue weighted by Gasteiger charge is -2.32. The fourth-order valence-corrected chi connectivity index (χ4v) is 3.69. The average molecular weight is 240 g/mol. The van der Waals surface area contributed by atoms with Crippen molar-refractivity contribution in [2.24, 2.45) is 5.73 Å². The highest BCUT2D eigenvalue weighted by Crippen LogP contribution is 2.51. The van der Waals surface area contributed by atoms with Gasteiger partial charge in [-0.05, 0) is 24.0 Å². The quantitative estimate of drug-likeness (QED) is 0.825. The van der Waals surface area contributed by atoms with Crippen molar-refractivity contribution < 1.29 is 9.18 Å². The van der Waals surface area contributed by atoms with Crippen molar-refractivity contribution in [3.63, 3.8) is 0 Å². The molecular formula is C11H13FN2OS. The minimum atomic E-state index is -1.48. The minimum absolute atomic E-state index is 0.142.